The Kier molecular flexibility index (Phi) is 3.47. The van der Waals surface area contributed by atoms with E-state index in [9.17, 15) is 0 Å². The number of benzene rings is 1. The molecule has 0 aliphatic heterocycles. The molecule has 0 radical (unpaired) electrons. The first-order valence-electron chi connectivity index (χ1n) is 8.43. The fourth-order valence-corrected chi connectivity index (χ4v) is 4.24. The van der Waals surface area contributed by atoms with Gasteiger partial charge < -0.3 is 10.3 Å². The highest BCUT2D eigenvalue weighted by Crippen LogP contribution is 2.37. The standard InChI is InChI=1S/C21H16N4S/c1-13-10-14-11-15(5-6-16(14)24-13)25-18-7-9-23-19-12-20(26-21(18)19)17-4-2-3-8-22-17/h2-12,24H,1H3,(H,23,25). The van der Waals surface area contributed by atoms with E-state index < -0.39 is 0 Å². The first kappa shape index (κ1) is 15.1. The van der Waals surface area contributed by atoms with Crippen molar-refractivity contribution in [2.45, 2.75) is 6.92 Å². The number of aromatic nitrogens is 3. The van der Waals surface area contributed by atoms with Crippen molar-refractivity contribution in [2.75, 3.05) is 5.32 Å². The zero-order valence-corrected chi connectivity index (χ0v) is 15.0. The van der Waals surface area contributed by atoms with E-state index in [1.807, 2.05) is 36.7 Å². The van der Waals surface area contributed by atoms with E-state index >= 15 is 0 Å². The predicted octanol–water partition coefficient (Wildman–Crippen LogP) is 5.89. The number of hydrogen-bond donors (Lipinski definition) is 2. The van der Waals surface area contributed by atoms with Crippen LogP contribution in [0.3, 0.4) is 0 Å². The molecule has 0 aliphatic rings. The summed E-state index contributed by atoms with van der Waals surface area (Å²) in [5.41, 5.74) is 6.42. The van der Waals surface area contributed by atoms with Crippen LogP contribution in [0.4, 0.5) is 11.4 Å². The van der Waals surface area contributed by atoms with Crippen molar-refractivity contribution in [1.29, 1.82) is 0 Å². The Morgan fingerprint density at radius 2 is 1.92 bits per heavy atom. The van der Waals surface area contributed by atoms with Crippen molar-refractivity contribution in [3.8, 4) is 10.6 Å². The van der Waals surface area contributed by atoms with Crippen LogP contribution in [0.1, 0.15) is 5.69 Å². The van der Waals surface area contributed by atoms with Crippen LogP contribution < -0.4 is 5.32 Å². The van der Waals surface area contributed by atoms with Gasteiger partial charge in [0.05, 0.1) is 26.5 Å². The summed E-state index contributed by atoms with van der Waals surface area (Å²) in [7, 11) is 0. The average molecular weight is 356 g/mol. The highest BCUT2D eigenvalue weighted by atomic mass is 32.1. The molecule has 0 amide bonds. The lowest BCUT2D eigenvalue weighted by Crippen LogP contribution is -1.90. The monoisotopic (exact) mass is 356 g/mol. The molecule has 0 unspecified atom stereocenters. The fourth-order valence-electron chi connectivity index (χ4n) is 3.18. The van der Waals surface area contributed by atoms with Crippen LogP contribution in [-0.4, -0.2) is 15.0 Å². The molecule has 126 valence electrons. The van der Waals surface area contributed by atoms with Gasteiger partial charge in [-0.3, -0.25) is 9.97 Å². The van der Waals surface area contributed by atoms with Crippen LogP contribution in [0.15, 0.2) is 67.0 Å². The number of nitrogens with zero attached hydrogens (tertiary/aromatic N) is 2. The van der Waals surface area contributed by atoms with Crippen LogP contribution in [0.5, 0.6) is 0 Å². The number of anilines is 2. The molecule has 0 saturated heterocycles. The van der Waals surface area contributed by atoms with Gasteiger partial charge in [0.2, 0.25) is 0 Å². The van der Waals surface area contributed by atoms with E-state index in [0.717, 1.165) is 37.7 Å². The third-order valence-electron chi connectivity index (χ3n) is 4.36. The van der Waals surface area contributed by atoms with Crippen molar-refractivity contribution >= 4 is 43.8 Å². The maximum absolute atomic E-state index is 4.52. The summed E-state index contributed by atoms with van der Waals surface area (Å²) in [5, 5.41) is 4.76. The highest BCUT2D eigenvalue weighted by Gasteiger charge is 2.10. The van der Waals surface area contributed by atoms with Gasteiger partial charge in [-0.25, -0.2) is 0 Å². The summed E-state index contributed by atoms with van der Waals surface area (Å²) in [4.78, 5) is 13.5. The quantitative estimate of drug-likeness (QED) is 0.424. The van der Waals surface area contributed by atoms with Crippen LogP contribution in [0, 0.1) is 6.92 Å². The Hall–Kier alpha value is -3.18. The number of nitrogens with one attached hydrogen (secondary N) is 2. The lowest BCUT2D eigenvalue weighted by molar-refractivity contribution is 1.30. The van der Waals surface area contributed by atoms with Crippen molar-refractivity contribution < 1.29 is 0 Å². The molecule has 4 aromatic heterocycles. The molecule has 5 rings (SSSR count). The van der Waals surface area contributed by atoms with Gasteiger partial charge in [-0.1, -0.05) is 6.07 Å². The molecular formula is C21H16N4S. The van der Waals surface area contributed by atoms with Crippen molar-refractivity contribution in [3.05, 3.63) is 72.7 Å². The minimum Gasteiger partial charge on any atom is -0.359 e. The van der Waals surface area contributed by atoms with Gasteiger partial charge in [-0.2, -0.15) is 0 Å². The van der Waals surface area contributed by atoms with E-state index in [4.69, 9.17) is 0 Å². The molecule has 2 N–H and O–H groups in total. The molecule has 5 heteroatoms. The van der Waals surface area contributed by atoms with E-state index in [1.165, 1.54) is 11.1 Å². The van der Waals surface area contributed by atoms with E-state index in [2.05, 4.69) is 57.5 Å². The van der Waals surface area contributed by atoms with Gasteiger partial charge in [-0.15, -0.1) is 11.3 Å². The number of H-pyrrole nitrogens is 1. The van der Waals surface area contributed by atoms with Crippen LogP contribution in [0.25, 0.3) is 31.7 Å². The minimum absolute atomic E-state index is 0.977. The lowest BCUT2D eigenvalue weighted by Gasteiger charge is -2.07. The third kappa shape index (κ3) is 2.62. The Bertz CT molecular complexity index is 1220. The first-order chi connectivity index (χ1) is 12.8. The summed E-state index contributed by atoms with van der Waals surface area (Å²) in [5.74, 6) is 0. The second-order valence-electron chi connectivity index (χ2n) is 6.28. The number of hydrogen-bond acceptors (Lipinski definition) is 4. The van der Waals surface area contributed by atoms with Crippen LogP contribution in [-0.2, 0) is 0 Å². The van der Waals surface area contributed by atoms with E-state index in [1.54, 1.807) is 11.3 Å². The first-order valence-corrected chi connectivity index (χ1v) is 9.24. The zero-order chi connectivity index (χ0) is 17.5. The Morgan fingerprint density at radius 1 is 0.962 bits per heavy atom. The number of thiophene rings is 1. The molecule has 5 aromatic rings. The molecule has 0 saturated carbocycles. The molecule has 4 heterocycles. The Morgan fingerprint density at radius 3 is 2.81 bits per heavy atom. The normalized spacial score (nSPS) is 11.3. The van der Waals surface area contributed by atoms with Crippen molar-refractivity contribution in [2.24, 2.45) is 0 Å². The van der Waals surface area contributed by atoms with Gasteiger partial charge in [-0.05, 0) is 55.5 Å². The number of aryl methyl sites for hydroxylation is 1. The topological polar surface area (TPSA) is 53.6 Å². The second-order valence-corrected chi connectivity index (χ2v) is 7.33. The molecule has 1 aromatic carbocycles. The van der Waals surface area contributed by atoms with Crippen molar-refractivity contribution in [1.82, 2.24) is 15.0 Å². The maximum Gasteiger partial charge on any atom is 0.0837 e. The third-order valence-corrected chi connectivity index (χ3v) is 5.54. The van der Waals surface area contributed by atoms with E-state index in [0.29, 0.717) is 0 Å². The molecule has 0 spiro atoms. The SMILES string of the molecule is Cc1cc2cc(Nc3ccnc4cc(-c5ccccn5)sc34)ccc2[nH]1. The number of aromatic amines is 1. The van der Waals surface area contributed by atoms with Crippen LogP contribution in [0.2, 0.25) is 0 Å². The second kappa shape index (κ2) is 5.97. The molecule has 4 nitrogen and oxygen atoms in total. The summed E-state index contributed by atoms with van der Waals surface area (Å²) < 4.78 is 1.14. The predicted molar refractivity (Wildman–Crippen MR) is 109 cm³/mol. The molecule has 26 heavy (non-hydrogen) atoms. The number of fused-ring (bicyclic) bond motifs is 2. The number of pyridine rings is 2. The molecular weight excluding hydrogens is 340 g/mol. The largest absolute Gasteiger partial charge is 0.359 e. The summed E-state index contributed by atoms with van der Waals surface area (Å²) in [6.45, 7) is 2.07. The summed E-state index contributed by atoms with van der Waals surface area (Å²) in [6.07, 6.45) is 3.67. The van der Waals surface area contributed by atoms with Gasteiger partial charge in [0.15, 0.2) is 0 Å². The maximum atomic E-state index is 4.52. The Labute approximate surface area is 154 Å². The smallest absolute Gasteiger partial charge is 0.0837 e. The fraction of sp³-hybridized carbons (Fsp3) is 0.0476. The van der Waals surface area contributed by atoms with Gasteiger partial charge >= 0.3 is 0 Å². The molecule has 0 atom stereocenters. The van der Waals surface area contributed by atoms with Gasteiger partial charge in [0.1, 0.15) is 0 Å². The zero-order valence-electron chi connectivity index (χ0n) is 14.2. The van der Waals surface area contributed by atoms with E-state index in [-0.39, 0.29) is 0 Å². The van der Waals surface area contributed by atoms with Gasteiger partial charge in [0.25, 0.3) is 0 Å². The average Bonchev–Trinajstić information content (AvgIpc) is 3.25. The van der Waals surface area contributed by atoms with Gasteiger partial charge in [0, 0.05) is 34.7 Å². The number of rotatable bonds is 3. The van der Waals surface area contributed by atoms with Crippen LogP contribution >= 0.6 is 11.3 Å². The lowest BCUT2D eigenvalue weighted by atomic mass is 10.2. The minimum atomic E-state index is 0.977. The van der Waals surface area contributed by atoms with Crippen molar-refractivity contribution in [3.63, 3.8) is 0 Å². The molecule has 0 fully saturated rings. The molecule has 0 aliphatic carbocycles. The molecule has 0 bridgehead atoms. The Balaban J connectivity index is 1.56. The summed E-state index contributed by atoms with van der Waals surface area (Å²) >= 11 is 1.71. The highest BCUT2D eigenvalue weighted by molar-refractivity contribution is 7.22. The summed E-state index contributed by atoms with van der Waals surface area (Å²) in [6, 6.07) is 18.6.